The second-order valence-corrected chi connectivity index (χ2v) is 7.61. The maximum atomic E-state index is 12.6. The molecule has 5 nitrogen and oxygen atoms in total. The number of carbonyl (C=O) groups is 1. The normalized spacial score (nSPS) is 24.4. The van der Waals surface area contributed by atoms with E-state index < -0.39 is 0 Å². The maximum Gasteiger partial charge on any atom is 0.246 e. The standard InChI is InChI=1S/C22H32N2O3/c1-18-5-7-19(8-6-18)16-20-17-24(11-9-21(20)26-2)22(25)4-3-10-23-12-14-27-15-13-23/h3-8,20-21H,9-17H2,1-2H3/t20-,21+/m1/s1. The minimum absolute atomic E-state index is 0.117. The van der Waals surface area contributed by atoms with Gasteiger partial charge in [0.1, 0.15) is 0 Å². The first-order valence-corrected chi connectivity index (χ1v) is 9.99. The van der Waals surface area contributed by atoms with Crippen molar-refractivity contribution in [1.29, 1.82) is 0 Å². The number of benzene rings is 1. The number of hydrogen-bond donors (Lipinski definition) is 0. The first kappa shape index (κ1) is 20.1. The minimum atomic E-state index is 0.117. The zero-order valence-corrected chi connectivity index (χ0v) is 16.6. The lowest BCUT2D eigenvalue weighted by molar-refractivity contribution is -0.130. The molecule has 5 heteroatoms. The van der Waals surface area contributed by atoms with Crippen LogP contribution in [0.2, 0.25) is 0 Å². The van der Waals surface area contributed by atoms with Crippen LogP contribution in [0.15, 0.2) is 36.4 Å². The van der Waals surface area contributed by atoms with Gasteiger partial charge in [0.25, 0.3) is 0 Å². The predicted octanol–water partition coefficient (Wildman–Crippen LogP) is 2.29. The van der Waals surface area contributed by atoms with Crippen molar-refractivity contribution in [2.24, 2.45) is 5.92 Å². The van der Waals surface area contributed by atoms with Crippen molar-refractivity contribution >= 4 is 5.91 Å². The third kappa shape index (κ3) is 5.89. The molecule has 2 saturated heterocycles. The Labute approximate surface area is 162 Å². The highest BCUT2D eigenvalue weighted by Crippen LogP contribution is 2.24. The first-order chi connectivity index (χ1) is 13.2. The predicted molar refractivity (Wildman–Crippen MR) is 107 cm³/mol. The van der Waals surface area contributed by atoms with E-state index >= 15 is 0 Å². The summed E-state index contributed by atoms with van der Waals surface area (Å²) in [6.45, 7) is 7.89. The number of amides is 1. The molecular formula is C22H32N2O3. The average Bonchev–Trinajstić information content (AvgIpc) is 2.70. The molecule has 0 saturated carbocycles. The Morgan fingerprint density at radius 3 is 2.67 bits per heavy atom. The molecule has 2 fully saturated rings. The molecule has 2 heterocycles. The summed E-state index contributed by atoms with van der Waals surface area (Å²) in [5, 5.41) is 0. The van der Waals surface area contributed by atoms with Crippen LogP contribution < -0.4 is 0 Å². The number of ether oxygens (including phenoxy) is 2. The molecule has 2 atom stereocenters. The molecule has 0 radical (unpaired) electrons. The van der Waals surface area contributed by atoms with Crippen LogP contribution in [0.1, 0.15) is 17.5 Å². The molecule has 0 bridgehead atoms. The van der Waals surface area contributed by atoms with E-state index in [1.165, 1.54) is 11.1 Å². The molecule has 1 aromatic carbocycles. The van der Waals surface area contributed by atoms with E-state index in [1.54, 1.807) is 13.2 Å². The van der Waals surface area contributed by atoms with Crippen LogP contribution >= 0.6 is 0 Å². The van der Waals surface area contributed by atoms with Crippen LogP contribution in [-0.2, 0) is 20.7 Å². The third-order valence-corrected chi connectivity index (χ3v) is 5.62. The van der Waals surface area contributed by atoms with Crippen LogP contribution in [-0.4, -0.2) is 74.9 Å². The van der Waals surface area contributed by atoms with E-state index in [1.807, 2.05) is 11.0 Å². The number of methoxy groups -OCH3 is 1. The summed E-state index contributed by atoms with van der Waals surface area (Å²) in [4.78, 5) is 16.9. The van der Waals surface area contributed by atoms with E-state index in [9.17, 15) is 4.79 Å². The summed E-state index contributed by atoms with van der Waals surface area (Å²) in [5.41, 5.74) is 2.58. The average molecular weight is 373 g/mol. The fraction of sp³-hybridized carbons (Fsp3) is 0.591. The number of rotatable bonds is 6. The molecule has 3 rings (SSSR count). The van der Waals surface area contributed by atoms with Crippen LogP contribution in [0.4, 0.5) is 0 Å². The monoisotopic (exact) mass is 372 g/mol. The van der Waals surface area contributed by atoms with Gasteiger partial charge in [-0.05, 0) is 25.3 Å². The lowest BCUT2D eigenvalue weighted by Crippen LogP contribution is -2.47. The number of morpholine rings is 1. The molecule has 1 aromatic rings. The van der Waals surface area contributed by atoms with Gasteiger partial charge in [-0.1, -0.05) is 35.9 Å². The number of likely N-dealkylation sites (tertiary alicyclic amines) is 1. The van der Waals surface area contributed by atoms with E-state index in [4.69, 9.17) is 9.47 Å². The number of piperidine rings is 1. The van der Waals surface area contributed by atoms with Crippen molar-refractivity contribution in [2.45, 2.75) is 25.9 Å². The van der Waals surface area contributed by atoms with E-state index in [0.717, 1.165) is 58.8 Å². The topological polar surface area (TPSA) is 42.0 Å². The lowest BCUT2D eigenvalue weighted by Gasteiger charge is -2.37. The number of nitrogens with zero attached hydrogens (tertiary/aromatic N) is 2. The largest absolute Gasteiger partial charge is 0.381 e. The maximum absolute atomic E-state index is 12.6. The Hall–Kier alpha value is -1.69. The third-order valence-electron chi connectivity index (χ3n) is 5.62. The molecule has 0 N–H and O–H groups in total. The van der Waals surface area contributed by atoms with E-state index in [2.05, 4.69) is 36.1 Å². The van der Waals surface area contributed by atoms with Crippen molar-refractivity contribution in [3.8, 4) is 0 Å². The van der Waals surface area contributed by atoms with Crippen LogP contribution in [0, 0.1) is 12.8 Å². The Bertz CT molecular complexity index is 623. The highest BCUT2D eigenvalue weighted by molar-refractivity contribution is 5.87. The summed E-state index contributed by atoms with van der Waals surface area (Å²) < 4.78 is 11.1. The molecule has 2 aliphatic heterocycles. The smallest absolute Gasteiger partial charge is 0.246 e. The van der Waals surface area contributed by atoms with Crippen molar-refractivity contribution < 1.29 is 14.3 Å². The summed E-state index contributed by atoms with van der Waals surface area (Å²) in [5.74, 6) is 0.453. The van der Waals surface area contributed by atoms with Gasteiger partial charge in [0.05, 0.1) is 19.3 Å². The molecule has 148 valence electrons. The number of carbonyl (C=O) groups excluding carboxylic acids is 1. The number of hydrogen-bond acceptors (Lipinski definition) is 4. The van der Waals surface area contributed by atoms with Crippen molar-refractivity contribution in [2.75, 3.05) is 53.0 Å². The highest BCUT2D eigenvalue weighted by atomic mass is 16.5. The second kappa shape index (κ2) is 10.0. The SMILES string of the molecule is CO[C@H]1CCN(C(=O)C=CCN2CCOCC2)C[C@H]1Cc1ccc(C)cc1. The zero-order valence-electron chi connectivity index (χ0n) is 16.6. The minimum Gasteiger partial charge on any atom is -0.381 e. The molecule has 0 aliphatic carbocycles. The van der Waals surface area contributed by atoms with Gasteiger partial charge < -0.3 is 14.4 Å². The summed E-state index contributed by atoms with van der Waals surface area (Å²) in [7, 11) is 1.78. The van der Waals surface area contributed by atoms with Gasteiger partial charge in [0.15, 0.2) is 0 Å². The summed E-state index contributed by atoms with van der Waals surface area (Å²) in [6.07, 6.45) is 5.79. The van der Waals surface area contributed by atoms with Gasteiger partial charge in [-0.15, -0.1) is 0 Å². The van der Waals surface area contributed by atoms with Crippen LogP contribution in [0.5, 0.6) is 0 Å². The quantitative estimate of drug-likeness (QED) is 0.719. The van der Waals surface area contributed by atoms with Gasteiger partial charge in [0.2, 0.25) is 5.91 Å². The Kier molecular flexibility index (Phi) is 7.44. The Morgan fingerprint density at radius 1 is 1.22 bits per heavy atom. The summed E-state index contributed by atoms with van der Waals surface area (Å²) in [6, 6.07) is 8.67. The molecule has 1 amide bonds. The van der Waals surface area contributed by atoms with Gasteiger partial charge in [-0.3, -0.25) is 9.69 Å². The highest BCUT2D eigenvalue weighted by Gasteiger charge is 2.30. The molecule has 2 aliphatic rings. The van der Waals surface area contributed by atoms with Gasteiger partial charge in [-0.25, -0.2) is 0 Å². The Balaban J connectivity index is 1.54. The van der Waals surface area contributed by atoms with Crippen LogP contribution in [0.25, 0.3) is 0 Å². The Morgan fingerprint density at radius 2 is 1.96 bits per heavy atom. The van der Waals surface area contributed by atoms with E-state index in [-0.39, 0.29) is 12.0 Å². The molecule has 27 heavy (non-hydrogen) atoms. The first-order valence-electron chi connectivity index (χ1n) is 9.99. The van der Waals surface area contributed by atoms with Crippen LogP contribution in [0.3, 0.4) is 0 Å². The van der Waals surface area contributed by atoms with Gasteiger partial charge >= 0.3 is 0 Å². The molecular weight excluding hydrogens is 340 g/mol. The van der Waals surface area contributed by atoms with Crippen molar-refractivity contribution in [1.82, 2.24) is 9.80 Å². The fourth-order valence-corrected chi connectivity index (χ4v) is 3.94. The zero-order chi connectivity index (χ0) is 19.1. The van der Waals surface area contributed by atoms with Crippen molar-refractivity contribution in [3.63, 3.8) is 0 Å². The molecule has 0 spiro atoms. The molecule has 0 aromatic heterocycles. The van der Waals surface area contributed by atoms with Crippen molar-refractivity contribution in [3.05, 3.63) is 47.5 Å². The van der Waals surface area contributed by atoms with Gasteiger partial charge in [0, 0.05) is 51.8 Å². The lowest BCUT2D eigenvalue weighted by atomic mass is 9.88. The van der Waals surface area contributed by atoms with E-state index in [0.29, 0.717) is 5.92 Å². The van der Waals surface area contributed by atoms with Gasteiger partial charge in [-0.2, -0.15) is 0 Å². The molecule has 0 unspecified atom stereocenters. The fourth-order valence-electron chi connectivity index (χ4n) is 3.94. The second-order valence-electron chi connectivity index (χ2n) is 7.61. The number of aryl methyl sites for hydroxylation is 1. The summed E-state index contributed by atoms with van der Waals surface area (Å²) >= 11 is 0.